The van der Waals surface area contributed by atoms with E-state index in [9.17, 15) is 23.1 Å². The zero-order valence-electron chi connectivity index (χ0n) is 12.4. The molecule has 1 aromatic rings. The van der Waals surface area contributed by atoms with Crippen LogP contribution in [0.3, 0.4) is 0 Å². The van der Waals surface area contributed by atoms with Gasteiger partial charge in [-0.25, -0.2) is 4.79 Å². The monoisotopic (exact) mass is 321 g/mol. The van der Waals surface area contributed by atoms with Gasteiger partial charge in [0, 0.05) is 12.1 Å². The van der Waals surface area contributed by atoms with Crippen LogP contribution in [-0.4, -0.2) is 34.2 Å². The van der Waals surface area contributed by atoms with Gasteiger partial charge in [-0.05, 0) is 44.5 Å². The maximum atomic E-state index is 12.3. The molecule has 1 unspecified atom stereocenters. The number of nitrogens with one attached hydrogen (secondary N) is 1. The van der Waals surface area contributed by atoms with Gasteiger partial charge in [0.1, 0.15) is 11.4 Å². The van der Waals surface area contributed by atoms with Crippen LogP contribution in [0.15, 0.2) is 18.2 Å². The van der Waals surface area contributed by atoms with Crippen LogP contribution in [0.4, 0.5) is 23.7 Å². The van der Waals surface area contributed by atoms with E-state index in [1.807, 2.05) is 0 Å². The average molecular weight is 321 g/mol. The summed E-state index contributed by atoms with van der Waals surface area (Å²) in [4.78, 5) is 11.6. The molecule has 0 bridgehead atoms. The molecular formula is C14H18F3NO4. The van der Waals surface area contributed by atoms with Crippen LogP contribution in [0.1, 0.15) is 26.3 Å². The lowest BCUT2D eigenvalue weighted by Gasteiger charge is -2.20. The fourth-order valence-electron chi connectivity index (χ4n) is 1.57. The summed E-state index contributed by atoms with van der Waals surface area (Å²) in [7, 11) is 0. The van der Waals surface area contributed by atoms with Gasteiger partial charge in [-0.15, -0.1) is 0 Å². The standard InChI is InChI=1S/C14H18F3NO4/c1-13(2,3)22-12(21)18-9-4-5-10(19)8(6-9)7-11(20)14(15,16)17/h4-6,11,19-20H,7H2,1-3H3,(H,18,21). The number of carbonyl (C=O) groups is 1. The first-order chi connectivity index (χ1) is 9.88. The molecule has 0 saturated carbocycles. The number of alkyl halides is 3. The number of aliphatic hydroxyl groups is 1. The molecule has 0 fully saturated rings. The first-order valence-corrected chi connectivity index (χ1v) is 6.45. The van der Waals surface area contributed by atoms with Gasteiger partial charge in [-0.3, -0.25) is 5.32 Å². The first kappa shape index (κ1) is 18.1. The Morgan fingerprint density at radius 1 is 1.32 bits per heavy atom. The third-order valence-electron chi connectivity index (χ3n) is 2.52. The highest BCUT2D eigenvalue weighted by atomic mass is 19.4. The minimum atomic E-state index is -4.79. The number of hydrogen-bond acceptors (Lipinski definition) is 4. The predicted octanol–water partition coefficient (Wildman–Crippen LogP) is 3.20. The van der Waals surface area contributed by atoms with Crippen molar-refractivity contribution in [1.82, 2.24) is 0 Å². The third-order valence-corrected chi connectivity index (χ3v) is 2.52. The Bertz CT molecular complexity index is 538. The molecule has 1 atom stereocenters. The van der Waals surface area contributed by atoms with Gasteiger partial charge in [-0.2, -0.15) is 13.2 Å². The molecule has 0 aromatic heterocycles. The summed E-state index contributed by atoms with van der Waals surface area (Å²) in [6.07, 6.45) is -8.99. The van der Waals surface area contributed by atoms with Crippen LogP contribution in [-0.2, 0) is 11.2 Å². The molecule has 0 spiro atoms. The Kier molecular flexibility index (Phi) is 5.29. The van der Waals surface area contributed by atoms with Gasteiger partial charge in [0.05, 0.1) is 0 Å². The van der Waals surface area contributed by atoms with Crippen molar-refractivity contribution in [3.63, 3.8) is 0 Å². The summed E-state index contributed by atoms with van der Waals surface area (Å²) in [6, 6.07) is 3.59. The fraction of sp³-hybridized carbons (Fsp3) is 0.500. The first-order valence-electron chi connectivity index (χ1n) is 6.45. The Labute approximate surface area is 125 Å². The molecule has 5 nitrogen and oxygen atoms in total. The van der Waals surface area contributed by atoms with E-state index in [0.717, 1.165) is 12.1 Å². The molecule has 0 radical (unpaired) electrons. The summed E-state index contributed by atoms with van der Waals surface area (Å²) in [6.45, 7) is 4.98. The number of rotatable bonds is 3. The van der Waals surface area contributed by atoms with Gasteiger partial charge in [0.15, 0.2) is 6.10 Å². The summed E-state index contributed by atoms with van der Waals surface area (Å²) in [5.41, 5.74) is -0.717. The Morgan fingerprint density at radius 2 is 1.91 bits per heavy atom. The molecule has 0 aliphatic heterocycles. The van der Waals surface area contributed by atoms with E-state index in [-0.39, 0.29) is 11.3 Å². The zero-order valence-corrected chi connectivity index (χ0v) is 12.4. The average Bonchev–Trinajstić information content (AvgIpc) is 2.29. The fourth-order valence-corrected chi connectivity index (χ4v) is 1.57. The summed E-state index contributed by atoms with van der Waals surface area (Å²) >= 11 is 0. The second-order valence-electron chi connectivity index (χ2n) is 5.73. The Morgan fingerprint density at radius 3 is 2.41 bits per heavy atom. The van der Waals surface area contributed by atoms with E-state index in [0.29, 0.717) is 0 Å². The smallest absolute Gasteiger partial charge is 0.414 e. The van der Waals surface area contributed by atoms with Crippen LogP contribution in [0.25, 0.3) is 0 Å². The number of ether oxygens (including phenoxy) is 1. The van der Waals surface area contributed by atoms with Crippen molar-refractivity contribution >= 4 is 11.8 Å². The van der Waals surface area contributed by atoms with Gasteiger partial charge in [-0.1, -0.05) is 0 Å². The lowest BCUT2D eigenvalue weighted by Crippen LogP contribution is -2.30. The SMILES string of the molecule is CC(C)(C)OC(=O)Nc1ccc(O)c(CC(O)C(F)(F)F)c1. The largest absolute Gasteiger partial charge is 0.508 e. The molecule has 8 heteroatoms. The highest BCUT2D eigenvalue weighted by molar-refractivity contribution is 5.85. The second-order valence-corrected chi connectivity index (χ2v) is 5.73. The van der Waals surface area contributed by atoms with Crippen molar-refractivity contribution in [2.24, 2.45) is 0 Å². The zero-order chi connectivity index (χ0) is 17.1. The van der Waals surface area contributed by atoms with Crippen molar-refractivity contribution in [2.75, 3.05) is 5.32 Å². The lowest BCUT2D eigenvalue weighted by molar-refractivity contribution is -0.203. The van der Waals surface area contributed by atoms with E-state index in [1.54, 1.807) is 20.8 Å². The van der Waals surface area contributed by atoms with Crippen LogP contribution >= 0.6 is 0 Å². The molecule has 0 aliphatic rings. The topological polar surface area (TPSA) is 78.8 Å². The molecule has 1 amide bonds. The van der Waals surface area contributed by atoms with Crippen molar-refractivity contribution < 1.29 is 32.9 Å². The minimum Gasteiger partial charge on any atom is -0.508 e. The van der Waals surface area contributed by atoms with Crippen LogP contribution in [0.2, 0.25) is 0 Å². The van der Waals surface area contributed by atoms with Gasteiger partial charge in [0.2, 0.25) is 0 Å². The van der Waals surface area contributed by atoms with Gasteiger partial charge < -0.3 is 14.9 Å². The predicted molar refractivity (Wildman–Crippen MR) is 73.7 cm³/mol. The number of carbonyl (C=O) groups excluding carboxylic acids is 1. The number of benzene rings is 1. The molecule has 0 heterocycles. The molecule has 3 N–H and O–H groups in total. The maximum absolute atomic E-state index is 12.3. The number of hydrogen-bond donors (Lipinski definition) is 3. The highest BCUT2D eigenvalue weighted by Crippen LogP contribution is 2.28. The number of halogens is 3. The Hall–Kier alpha value is -1.96. The highest BCUT2D eigenvalue weighted by Gasteiger charge is 2.38. The summed E-state index contributed by atoms with van der Waals surface area (Å²) in [5.74, 6) is -0.405. The number of anilines is 1. The minimum absolute atomic E-state index is 0.140. The van der Waals surface area contributed by atoms with Crippen LogP contribution in [0, 0.1) is 0 Å². The van der Waals surface area contributed by atoms with E-state index < -0.39 is 36.1 Å². The molecule has 0 aliphatic carbocycles. The molecule has 124 valence electrons. The molecular weight excluding hydrogens is 303 g/mol. The van der Waals surface area contributed by atoms with E-state index in [1.165, 1.54) is 6.07 Å². The van der Waals surface area contributed by atoms with E-state index >= 15 is 0 Å². The van der Waals surface area contributed by atoms with Crippen LogP contribution < -0.4 is 5.32 Å². The molecule has 1 rings (SSSR count). The maximum Gasteiger partial charge on any atom is 0.414 e. The van der Waals surface area contributed by atoms with Crippen molar-refractivity contribution in [2.45, 2.75) is 45.1 Å². The van der Waals surface area contributed by atoms with E-state index in [2.05, 4.69) is 5.32 Å². The van der Waals surface area contributed by atoms with Gasteiger partial charge >= 0.3 is 12.3 Å². The van der Waals surface area contributed by atoms with Crippen LogP contribution in [0.5, 0.6) is 5.75 Å². The van der Waals surface area contributed by atoms with Crippen molar-refractivity contribution in [3.05, 3.63) is 23.8 Å². The number of aromatic hydroxyl groups is 1. The molecule has 0 saturated heterocycles. The Balaban J connectivity index is 2.84. The second kappa shape index (κ2) is 6.43. The number of aliphatic hydroxyl groups excluding tert-OH is 1. The molecule has 1 aromatic carbocycles. The number of phenols is 1. The van der Waals surface area contributed by atoms with Crippen molar-refractivity contribution in [1.29, 1.82) is 0 Å². The summed E-state index contributed by atoms with van der Waals surface area (Å²) < 4.78 is 42.0. The van der Waals surface area contributed by atoms with Gasteiger partial charge in [0.25, 0.3) is 0 Å². The normalized spacial score (nSPS) is 13.6. The van der Waals surface area contributed by atoms with E-state index in [4.69, 9.17) is 9.84 Å². The quantitative estimate of drug-likeness (QED) is 0.747. The summed E-state index contributed by atoms with van der Waals surface area (Å²) in [5, 5.41) is 20.9. The molecule has 22 heavy (non-hydrogen) atoms. The lowest BCUT2D eigenvalue weighted by atomic mass is 10.1. The van der Waals surface area contributed by atoms with Crippen molar-refractivity contribution in [3.8, 4) is 5.75 Å². The number of phenolic OH excluding ortho intramolecular Hbond substituents is 1. The third kappa shape index (κ3) is 5.80. The number of amides is 1.